The van der Waals surface area contributed by atoms with E-state index in [9.17, 15) is 0 Å². The average molecular weight is 499 g/mol. The Morgan fingerprint density at radius 3 is 2.46 bits per heavy atom. The highest BCUT2D eigenvalue weighted by Crippen LogP contribution is 2.34. The highest BCUT2D eigenvalue weighted by Gasteiger charge is 2.25. The minimum atomic E-state index is -0.368. The Balaban J connectivity index is 1.61. The van der Waals surface area contributed by atoms with E-state index in [-0.39, 0.29) is 23.6 Å². The monoisotopic (exact) mass is 498 g/mol. The largest absolute Gasteiger partial charge is 0.296 e. The van der Waals surface area contributed by atoms with Gasteiger partial charge in [-0.05, 0) is 66.3 Å². The molecule has 2 heterocycles. The number of halogens is 2. The standard InChI is InChI=1S/C31H32F2N4/c1-8-21(16-34-7)29-14-24(11-19(2)36-29)22-9-10-23(27(32)13-22)18-37-20(3)30-25(17-35-37)12-26(15-28(30)33)31(4,5)6/h8-17H,3,18H2,1-2,4-7H3/b21-8+,34-16?. The molecular weight excluding hydrogens is 466 g/mol. The summed E-state index contributed by atoms with van der Waals surface area (Å²) in [6.45, 7) is 14.2. The number of fused-ring (bicyclic) bond motifs is 1. The third kappa shape index (κ3) is 5.43. The zero-order valence-corrected chi connectivity index (χ0v) is 22.2. The molecule has 190 valence electrons. The summed E-state index contributed by atoms with van der Waals surface area (Å²) in [6.07, 6.45) is 5.32. The average Bonchev–Trinajstić information content (AvgIpc) is 2.84. The van der Waals surface area contributed by atoms with Crippen LogP contribution in [0, 0.1) is 18.6 Å². The number of nitrogens with zero attached hydrogens (tertiary/aromatic N) is 4. The smallest absolute Gasteiger partial charge is 0.133 e. The highest BCUT2D eigenvalue weighted by molar-refractivity contribution is 6.09. The van der Waals surface area contributed by atoms with Gasteiger partial charge in [0.15, 0.2) is 0 Å². The zero-order valence-electron chi connectivity index (χ0n) is 22.2. The van der Waals surface area contributed by atoms with E-state index in [0.717, 1.165) is 33.7 Å². The second kappa shape index (κ2) is 10.2. The minimum Gasteiger partial charge on any atom is -0.296 e. The van der Waals surface area contributed by atoms with Gasteiger partial charge in [-0.25, -0.2) is 8.78 Å². The summed E-state index contributed by atoms with van der Waals surface area (Å²) in [7, 11) is 1.71. The Kier molecular flexibility index (Phi) is 7.21. The maximum absolute atomic E-state index is 15.3. The van der Waals surface area contributed by atoms with Crippen LogP contribution in [-0.2, 0) is 12.0 Å². The number of aromatic nitrogens is 1. The summed E-state index contributed by atoms with van der Waals surface area (Å²) >= 11 is 0. The van der Waals surface area contributed by atoms with Gasteiger partial charge in [-0.15, -0.1) is 0 Å². The molecule has 1 aromatic heterocycles. The molecule has 0 unspecified atom stereocenters. The van der Waals surface area contributed by atoms with Gasteiger partial charge in [0.05, 0.1) is 24.2 Å². The van der Waals surface area contributed by atoms with Crippen molar-refractivity contribution in [1.29, 1.82) is 0 Å². The molecule has 0 N–H and O–H groups in total. The maximum Gasteiger partial charge on any atom is 0.133 e. The zero-order chi connectivity index (χ0) is 26.9. The van der Waals surface area contributed by atoms with Crippen LogP contribution in [0.25, 0.3) is 22.4 Å². The quantitative estimate of drug-likeness (QED) is 0.341. The van der Waals surface area contributed by atoms with Crippen LogP contribution in [0.1, 0.15) is 61.3 Å². The van der Waals surface area contributed by atoms with E-state index >= 15 is 8.78 Å². The first-order chi connectivity index (χ1) is 17.5. The number of allylic oxidation sites excluding steroid dienone is 2. The van der Waals surface area contributed by atoms with Crippen LogP contribution in [0.3, 0.4) is 0 Å². The Labute approximate surface area is 217 Å². The predicted molar refractivity (Wildman–Crippen MR) is 150 cm³/mol. The number of aryl methyl sites for hydroxylation is 1. The maximum atomic E-state index is 15.3. The topological polar surface area (TPSA) is 40.9 Å². The van der Waals surface area contributed by atoms with Crippen LogP contribution in [0.2, 0.25) is 0 Å². The van der Waals surface area contributed by atoms with Crippen LogP contribution in [0.5, 0.6) is 0 Å². The molecule has 1 aliphatic heterocycles. The molecule has 4 nitrogen and oxygen atoms in total. The van der Waals surface area contributed by atoms with E-state index < -0.39 is 0 Å². The first-order valence-electron chi connectivity index (χ1n) is 12.2. The summed E-state index contributed by atoms with van der Waals surface area (Å²) in [5.41, 5.74) is 6.72. The van der Waals surface area contributed by atoms with Crippen LogP contribution < -0.4 is 0 Å². The van der Waals surface area contributed by atoms with Gasteiger partial charge >= 0.3 is 0 Å². The molecule has 0 fully saturated rings. The van der Waals surface area contributed by atoms with Crippen LogP contribution in [0.15, 0.2) is 65.2 Å². The van der Waals surface area contributed by atoms with Crippen molar-refractivity contribution in [3.05, 3.63) is 100 Å². The predicted octanol–water partition coefficient (Wildman–Crippen LogP) is 7.56. The molecule has 0 bridgehead atoms. The van der Waals surface area contributed by atoms with Crippen molar-refractivity contribution in [3.63, 3.8) is 0 Å². The van der Waals surface area contributed by atoms with E-state index in [2.05, 4.69) is 21.7 Å². The lowest BCUT2D eigenvalue weighted by Gasteiger charge is -2.28. The van der Waals surface area contributed by atoms with E-state index in [1.807, 2.05) is 65.0 Å². The molecule has 0 saturated heterocycles. The van der Waals surface area contributed by atoms with Gasteiger partial charge in [-0.3, -0.25) is 15.0 Å². The van der Waals surface area contributed by atoms with Crippen molar-refractivity contribution in [3.8, 4) is 11.1 Å². The van der Waals surface area contributed by atoms with Gasteiger partial charge in [0, 0.05) is 41.2 Å². The number of benzene rings is 2. The molecule has 1 aliphatic rings. The van der Waals surface area contributed by atoms with Gasteiger partial charge in [0.2, 0.25) is 0 Å². The van der Waals surface area contributed by atoms with Crippen molar-refractivity contribution in [1.82, 2.24) is 9.99 Å². The number of rotatable bonds is 5. The summed E-state index contributed by atoms with van der Waals surface area (Å²) in [5, 5.41) is 5.99. The molecule has 0 aliphatic carbocycles. The van der Waals surface area contributed by atoms with Crippen molar-refractivity contribution in [2.45, 2.75) is 46.6 Å². The molecular formula is C31H32F2N4. The second-order valence-corrected chi connectivity index (χ2v) is 10.2. The molecule has 0 atom stereocenters. The number of aliphatic imine (C=N–C) groups is 1. The molecule has 37 heavy (non-hydrogen) atoms. The Morgan fingerprint density at radius 2 is 1.81 bits per heavy atom. The lowest BCUT2D eigenvalue weighted by Crippen LogP contribution is -2.23. The van der Waals surface area contributed by atoms with Crippen molar-refractivity contribution < 1.29 is 8.78 Å². The Hall–Kier alpha value is -3.93. The number of hydrogen-bond acceptors (Lipinski definition) is 4. The third-order valence-electron chi connectivity index (χ3n) is 6.46. The fraction of sp³-hybridized carbons (Fsp3) is 0.258. The summed E-state index contributed by atoms with van der Waals surface area (Å²) in [4.78, 5) is 8.70. The van der Waals surface area contributed by atoms with Gasteiger partial charge < -0.3 is 0 Å². The van der Waals surface area contributed by atoms with E-state index in [0.29, 0.717) is 22.4 Å². The second-order valence-electron chi connectivity index (χ2n) is 10.2. The highest BCUT2D eigenvalue weighted by atomic mass is 19.1. The van der Waals surface area contributed by atoms with Gasteiger partial charge in [0.25, 0.3) is 0 Å². The minimum absolute atomic E-state index is 0.137. The van der Waals surface area contributed by atoms with Gasteiger partial charge in [-0.1, -0.05) is 45.6 Å². The number of hydrazone groups is 1. The van der Waals surface area contributed by atoms with E-state index in [1.54, 1.807) is 31.6 Å². The lowest BCUT2D eigenvalue weighted by molar-refractivity contribution is 0.401. The van der Waals surface area contributed by atoms with Crippen LogP contribution in [0.4, 0.5) is 8.78 Å². The molecule has 3 aromatic rings. The molecule has 0 radical (unpaired) electrons. The first-order valence-corrected chi connectivity index (χ1v) is 12.2. The lowest BCUT2D eigenvalue weighted by atomic mass is 9.84. The van der Waals surface area contributed by atoms with Gasteiger partial charge in [-0.2, -0.15) is 5.10 Å². The number of hydrogen-bond donors (Lipinski definition) is 0. The third-order valence-corrected chi connectivity index (χ3v) is 6.46. The van der Waals surface area contributed by atoms with Crippen LogP contribution in [-0.4, -0.2) is 29.5 Å². The van der Waals surface area contributed by atoms with Crippen molar-refractivity contribution in [2.24, 2.45) is 10.1 Å². The van der Waals surface area contributed by atoms with E-state index in [4.69, 9.17) is 0 Å². The van der Waals surface area contributed by atoms with Gasteiger partial charge in [0.1, 0.15) is 11.6 Å². The Morgan fingerprint density at radius 1 is 1.05 bits per heavy atom. The Bertz CT molecular complexity index is 1460. The van der Waals surface area contributed by atoms with E-state index in [1.165, 1.54) is 11.1 Å². The molecule has 0 spiro atoms. The molecule has 0 saturated carbocycles. The van der Waals surface area contributed by atoms with Crippen molar-refractivity contribution in [2.75, 3.05) is 7.05 Å². The SMILES string of the molecule is C=C1c2c(F)cc(C(C)(C)C)cc2C=NN1Cc1ccc(-c2cc(C)nc(/C(C=NC)=C/C)c2)cc1F. The molecule has 0 amide bonds. The number of pyridine rings is 1. The van der Waals surface area contributed by atoms with Crippen molar-refractivity contribution >= 4 is 23.7 Å². The first kappa shape index (κ1) is 26.1. The summed E-state index contributed by atoms with van der Waals surface area (Å²) in [5.74, 6) is -0.718. The fourth-order valence-corrected chi connectivity index (χ4v) is 4.36. The fourth-order valence-electron chi connectivity index (χ4n) is 4.36. The molecule has 2 aromatic carbocycles. The van der Waals surface area contributed by atoms with Crippen LogP contribution >= 0.6 is 0 Å². The molecule has 6 heteroatoms. The summed E-state index contributed by atoms with van der Waals surface area (Å²) in [6, 6.07) is 12.5. The normalized spacial score (nSPS) is 14.0. The summed E-state index contributed by atoms with van der Waals surface area (Å²) < 4.78 is 30.4. The molecule has 4 rings (SSSR count).